The molecule has 0 aromatic carbocycles. The molecular formula is C14H20F3N3O4. The molecule has 1 aromatic heterocycles. The van der Waals surface area contributed by atoms with E-state index in [2.05, 4.69) is 4.98 Å². The van der Waals surface area contributed by atoms with E-state index in [0.717, 1.165) is 23.6 Å². The number of carbonyl (C=O) groups is 1. The summed E-state index contributed by atoms with van der Waals surface area (Å²) >= 11 is 0. The Balaban J connectivity index is 2.33. The number of halogens is 3. The fourth-order valence-corrected chi connectivity index (χ4v) is 1.56. The molecule has 0 atom stereocenters. The number of pyridine rings is 1. The molecule has 0 unspecified atom stereocenters. The van der Waals surface area contributed by atoms with E-state index < -0.39 is 17.8 Å². The number of carbonyl (C=O) groups excluding carboxylic acids is 1. The Morgan fingerprint density at radius 3 is 2.50 bits per heavy atom. The predicted molar refractivity (Wildman–Crippen MR) is 77.9 cm³/mol. The third kappa shape index (κ3) is 7.01. The first kappa shape index (κ1) is 20.0. The highest BCUT2D eigenvalue weighted by atomic mass is 19.4. The zero-order chi connectivity index (χ0) is 18.2. The lowest BCUT2D eigenvalue weighted by Gasteiger charge is -2.17. The molecule has 7 nitrogen and oxygen atoms in total. The van der Waals surface area contributed by atoms with Crippen LogP contribution in [0, 0.1) is 0 Å². The minimum Gasteiger partial charge on any atom is -0.447 e. The average Bonchev–Trinajstić information content (AvgIpc) is 2.53. The van der Waals surface area contributed by atoms with E-state index in [-0.39, 0.29) is 12.5 Å². The third-order valence-electron chi connectivity index (χ3n) is 2.96. The highest BCUT2D eigenvalue weighted by Gasteiger charge is 2.30. The van der Waals surface area contributed by atoms with Crippen molar-refractivity contribution in [2.24, 2.45) is 0 Å². The molecule has 0 bridgehead atoms. The van der Waals surface area contributed by atoms with E-state index in [1.165, 1.54) is 7.05 Å². The van der Waals surface area contributed by atoms with Gasteiger partial charge in [0.05, 0.1) is 26.3 Å². The molecule has 1 heterocycles. The van der Waals surface area contributed by atoms with Gasteiger partial charge < -0.3 is 14.4 Å². The molecule has 1 rings (SSSR count). The summed E-state index contributed by atoms with van der Waals surface area (Å²) in [6.45, 7) is 0.875. The Bertz CT molecular complexity index is 511. The first-order chi connectivity index (χ1) is 11.2. The van der Waals surface area contributed by atoms with Crippen LogP contribution < -0.4 is 4.84 Å². The monoisotopic (exact) mass is 351 g/mol. The van der Waals surface area contributed by atoms with Crippen LogP contribution in [-0.4, -0.2) is 55.6 Å². The molecule has 1 aromatic rings. The van der Waals surface area contributed by atoms with Crippen LogP contribution in [0.3, 0.4) is 0 Å². The number of nitrogens with zero attached hydrogens (tertiary/aromatic N) is 3. The van der Waals surface area contributed by atoms with Crippen LogP contribution in [-0.2, 0) is 15.8 Å². The maximum atomic E-state index is 12.4. The molecule has 0 radical (unpaired) electrons. The lowest BCUT2D eigenvalue weighted by Crippen LogP contribution is -2.31. The number of hydroxylamine groups is 4. The number of ether oxygens (including phenoxy) is 1. The maximum Gasteiger partial charge on any atom is 0.442 e. The van der Waals surface area contributed by atoms with Crippen LogP contribution in [0.15, 0.2) is 18.3 Å². The van der Waals surface area contributed by atoms with Gasteiger partial charge in [0.25, 0.3) is 0 Å². The summed E-state index contributed by atoms with van der Waals surface area (Å²) in [4.78, 5) is 25.1. The minimum atomic E-state index is -4.48. The highest BCUT2D eigenvalue weighted by Crippen LogP contribution is 2.29. The normalized spacial score (nSPS) is 11.5. The molecule has 24 heavy (non-hydrogen) atoms. The second kappa shape index (κ2) is 9.28. The topological polar surface area (TPSA) is 64.1 Å². The summed E-state index contributed by atoms with van der Waals surface area (Å²) in [6, 6.07) is 1.83. The number of rotatable bonds is 8. The van der Waals surface area contributed by atoms with Gasteiger partial charge in [0, 0.05) is 25.9 Å². The second-order valence-corrected chi connectivity index (χ2v) is 4.83. The van der Waals surface area contributed by atoms with E-state index in [1.807, 2.05) is 0 Å². The zero-order valence-electron chi connectivity index (χ0n) is 13.7. The van der Waals surface area contributed by atoms with Crippen molar-refractivity contribution in [3.8, 4) is 5.88 Å². The predicted octanol–water partition coefficient (Wildman–Crippen LogP) is 2.74. The number of aromatic nitrogens is 1. The van der Waals surface area contributed by atoms with Crippen molar-refractivity contribution in [2.75, 3.05) is 34.4 Å². The molecule has 0 fully saturated rings. The Hall–Kier alpha value is -2.07. The standard InChI is InChI=1S/C14H20F3N3O4/c1-19(22-3)8-4-5-9-23-13(21)20(2)24-12-7-6-11(10-18-12)14(15,16)17/h6-7,10H,4-5,8-9H2,1-3H3. The first-order valence-electron chi connectivity index (χ1n) is 7.11. The highest BCUT2D eigenvalue weighted by molar-refractivity contribution is 5.66. The molecule has 0 aliphatic rings. The van der Waals surface area contributed by atoms with Crippen molar-refractivity contribution in [3.05, 3.63) is 23.9 Å². The summed E-state index contributed by atoms with van der Waals surface area (Å²) in [5.74, 6) is -0.149. The fourth-order valence-electron chi connectivity index (χ4n) is 1.56. The summed E-state index contributed by atoms with van der Waals surface area (Å²) in [5.41, 5.74) is -0.902. The first-order valence-corrected chi connectivity index (χ1v) is 7.11. The smallest absolute Gasteiger partial charge is 0.442 e. The van der Waals surface area contributed by atoms with E-state index in [4.69, 9.17) is 14.4 Å². The summed E-state index contributed by atoms with van der Waals surface area (Å²) in [6.07, 6.45) is -3.22. The SMILES string of the molecule is CON(C)CCCCOC(=O)N(C)Oc1ccc(C(F)(F)F)cn1. The van der Waals surface area contributed by atoms with Crippen LogP contribution in [0.2, 0.25) is 0 Å². The molecule has 0 aliphatic heterocycles. The molecule has 136 valence electrons. The molecule has 0 aliphatic carbocycles. The van der Waals surface area contributed by atoms with Crippen LogP contribution in [0.4, 0.5) is 18.0 Å². The Morgan fingerprint density at radius 1 is 1.25 bits per heavy atom. The summed E-state index contributed by atoms with van der Waals surface area (Å²) in [7, 11) is 4.62. The maximum absolute atomic E-state index is 12.4. The van der Waals surface area contributed by atoms with Gasteiger partial charge in [0.2, 0.25) is 5.88 Å². The van der Waals surface area contributed by atoms with Crippen molar-refractivity contribution in [2.45, 2.75) is 19.0 Å². The number of hydrogen-bond acceptors (Lipinski definition) is 6. The van der Waals surface area contributed by atoms with Crippen molar-refractivity contribution in [1.29, 1.82) is 0 Å². The van der Waals surface area contributed by atoms with Gasteiger partial charge in [-0.15, -0.1) is 5.06 Å². The fraction of sp³-hybridized carbons (Fsp3) is 0.571. The number of hydrogen-bond donors (Lipinski definition) is 0. The largest absolute Gasteiger partial charge is 0.447 e. The average molecular weight is 351 g/mol. The van der Waals surface area contributed by atoms with Crippen molar-refractivity contribution in [3.63, 3.8) is 0 Å². The number of alkyl halides is 3. The van der Waals surface area contributed by atoms with E-state index in [1.54, 1.807) is 19.2 Å². The van der Waals surface area contributed by atoms with Crippen molar-refractivity contribution >= 4 is 6.09 Å². The van der Waals surface area contributed by atoms with Gasteiger partial charge in [-0.3, -0.25) is 0 Å². The quantitative estimate of drug-likeness (QED) is 0.530. The third-order valence-corrected chi connectivity index (χ3v) is 2.96. The summed E-state index contributed by atoms with van der Waals surface area (Å²) in [5, 5.41) is 2.41. The lowest BCUT2D eigenvalue weighted by atomic mass is 10.3. The Morgan fingerprint density at radius 2 is 1.96 bits per heavy atom. The minimum absolute atomic E-state index is 0.149. The van der Waals surface area contributed by atoms with E-state index >= 15 is 0 Å². The van der Waals surface area contributed by atoms with E-state index in [0.29, 0.717) is 19.2 Å². The van der Waals surface area contributed by atoms with Gasteiger partial charge in [-0.2, -0.15) is 18.2 Å². The Kier molecular flexibility index (Phi) is 7.72. The van der Waals surface area contributed by atoms with Gasteiger partial charge in [-0.1, -0.05) is 0 Å². The van der Waals surface area contributed by atoms with E-state index in [9.17, 15) is 18.0 Å². The van der Waals surface area contributed by atoms with Gasteiger partial charge in [-0.25, -0.2) is 9.78 Å². The zero-order valence-corrected chi connectivity index (χ0v) is 13.7. The van der Waals surface area contributed by atoms with Crippen LogP contribution in [0.1, 0.15) is 18.4 Å². The van der Waals surface area contributed by atoms with Crippen LogP contribution >= 0.6 is 0 Å². The van der Waals surface area contributed by atoms with Gasteiger partial charge in [0.1, 0.15) is 0 Å². The molecule has 0 saturated carbocycles. The summed E-state index contributed by atoms with van der Waals surface area (Å²) < 4.78 is 42.2. The number of unbranched alkanes of at least 4 members (excludes halogenated alkanes) is 1. The second-order valence-electron chi connectivity index (χ2n) is 4.83. The van der Waals surface area contributed by atoms with Gasteiger partial charge in [0.15, 0.2) is 0 Å². The van der Waals surface area contributed by atoms with Crippen LogP contribution in [0.25, 0.3) is 0 Å². The lowest BCUT2D eigenvalue weighted by molar-refractivity contribution is -0.137. The van der Waals surface area contributed by atoms with Gasteiger partial charge >= 0.3 is 12.3 Å². The molecule has 0 spiro atoms. The Labute approximate surface area is 137 Å². The number of amides is 1. The molecule has 1 amide bonds. The molecule has 10 heteroatoms. The van der Waals surface area contributed by atoms with Crippen molar-refractivity contribution < 1.29 is 32.4 Å². The van der Waals surface area contributed by atoms with Gasteiger partial charge in [-0.05, 0) is 18.9 Å². The van der Waals surface area contributed by atoms with Crippen molar-refractivity contribution in [1.82, 2.24) is 15.1 Å². The van der Waals surface area contributed by atoms with Crippen LogP contribution in [0.5, 0.6) is 5.88 Å². The molecule has 0 N–H and O–H groups in total. The molecular weight excluding hydrogens is 331 g/mol. The molecule has 0 saturated heterocycles.